The van der Waals surface area contributed by atoms with E-state index < -0.39 is 0 Å². The first kappa shape index (κ1) is 24.6. The number of hydrogen-bond acceptors (Lipinski definition) is 5. The van der Waals surface area contributed by atoms with Crippen molar-refractivity contribution in [2.24, 2.45) is 34.5 Å². The average molecular weight is 487 g/mol. The summed E-state index contributed by atoms with van der Waals surface area (Å²) in [7, 11) is 0. The molecule has 0 aromatic carbocycles. The topological polar surface area (TPSA) is 54.0 Å². The maximum Gasteiger partial charge on any atom is 0.157 e. The molecule has 4 aliphatic carbocycles. The number of rotatable bonds is 5. The quantitative estimate of drug-likeness (QED) is 0.342. The molecule has 0 N–H and O–H groups in total. The van der Waals surface area contributed by atoms with E-state index in [0.717, 1.165) is 64.6 Å². The summed E-state index contributed by atoms with van der Waals surface area (Å²) in [6.45, 7) is 6.61. The summed E-state index contributed by atoms with van der Waals surface area (Å²) in [5.41, 5.74) is 1.95. The molecule has 0 aromatic heterocycles. The van der Waals surface area contributed by atoms with Gasteiger partial charge in [-0.25, -0.2) is 0 Å². The van der Waals surface area contributed by atoms with Gasteiger partial charge in [0.15, 0.2) is 12.6 Å². The Balaban J connectivity index is 1.18. The molecule has 35 heavy (non-hydrogen) atoms. The Morgan fingerprint density at radius 2 is 1.69 bits per heavy atom. The molecule has 3 saturated carbocycles. The Labute approximate surface area is 211 Å². The molecule has 5 fully saturated rings. The summed E-state index contributed by atoms with van der Waals surface area (Å²) in [5, 5.41) is 0. The molecule has 2 heterocycles. The minimum absolute atomic E-state index is 0.00218. The molecule has 5 unspecified atom stereocenters. The average Bonchev–Trinajstić information content (AvgIpc) is 3.17. The first-order valence-corrected chi connectivity index (χ1v) is 14.7. The lowest BCUT2D eigenvalue weighted by molar-refractivity contribution is -0.216. The van der Waals surface area contributed by atoms with Crippen molar-refractivity contribution in [1.29, 1.82) is 0 Å². The fourth-order valence-corrected chi connectivity index (χ4v) is 9.26. The Hall–Kier alpha value is -0.750. The maximum atomic E-state index is 12.4. The van der Waals surface area contributed by atoms with E-state index in [1.807, 2.05) is 0 Å². The number of carbonyl (C=O) groups is 1. The van der Waals surface area contributed by atoms with Crippen LogP contribution in [0.5, 0.6) is 0 Å². The molecule has 0 spiro atoms. The lowest BCUT2D eigenvalue weighted by Crippen LogP contribution is -2.53. The van der Waals surface area contributed by atoms with E-state index in [1.54, 1.807) is 5.57 Å². The highest BCUT2D eigenvalue weighted by molar-refractivity contribution is 5.56. The maximum absolute atomic E-state index is 12.4. The van der Waals surface area contributed by atoms with Crippen molar-refractivity contribution in [2.45, 2.75) is 122 Å². The molecule has 2 aliphatic heterocycles. The van der Waals surface area contributed by atoms with Crippen molar-refractivity contribution >= 4 is 6.29 Å². The van der Waals surface area contributed by atoms with E-state index in [9.17, 15) is 4.79 Å². The number of ether oxygens (including phenoxy) is 4. The molecular weight excluding hydrogens is 440 g/mol. The second kappa shape index (κ2) is 9.85. The fraction of sp³-hybridized carbons (Fsp3) is 0.900. The van der Waals surface area contributed by atoms with Crippen LogP contribution in [-0.4, -0.2) is 44.3 Å². The highest BCUT2D eigenvalue weighted by Crippen LogP contribution is 2.66. The zero-order chi connectivity index (χ0) is 24.0. The lowest BCUT2D eigenvalue weighted by Gasteiger charge is -2.58. The van der Waals surface area contributed by atoms with Crippen molar-refractivity contribution in [3.8, 4) is 0 Å². The number of fused-ring (bicyclic) bond motifs is 5. The van der Waals surface area contributed by atoms with E-state index in [0.29, 0.717) is 23.9 Å². The predicted molar refractivity (Wildman–Crippen MR) is 134 cm³/mol. The summed E-state index contributed by atoms with van der Waals surface area (Å²) < 4.78 is 24.9. The summed E-state index contributed by atoms with van der Waals surface area (Å²) in [6, 6.07) is 0. The zero-order valence-electron chi connectivity index (χ0n) is 21.9. The standard InChI is InChI=1S/C30H46O5/c1-29-13-11-22(34-26-7-3-5-15-32-26)18-21(29)9-10-23-24(29)12-14-30(2)25(17-20(19-31)28(23)30)35-27-8-4-6-16-33-27/h9,19-20,22-28H,3-8,10-18H2,1-2H3/t20?,22?,23-,24-,25?,26?,27?,28+,29+,30-/m1/s1. The first-order chi connectivity index (χ1) is 17.0. The van der Waals surface area contributed by atoms with Gasteiger partial charge in [0.05, 0.1) is 12.2 Å². The van der Waals surface area contributed by atoms with Gasteiger partial charge in [0.1, 0.15) is 6.29 Å². The SMILES string of the molecule is C[C@]12CCC(OC3CCCCO3)CC1=CC[C@@H]1[C@H]2CC[C@]2(C)C(OC3CCCCO3)CC(C=O)[C@@H]12. The third kappa shape index (κ3) is 4.36. The van der Waals surface area contributed by atoms with Gasteiger partial charge in [-0.05, 0) is 112 Å². The van der Waals surface area contributed by atoms with E-state index in [2.05, 4.69) is 19.9 Å². The Morgan fingerprint density at radius 3 is 2.37 bits per heavy atom. The van der Waals surface area contributed by atoms with Gasteiger partial charge in [-0.2, -0.15) is 0 Å². The van der Waals surface area contributed by atoms with Gasteiger partial charge in [0.25, 0.3) is 0 Å². The molecule has 0 radical (unpaired) electrons. The summed E-state index contributed by atoms with van der Waals surface area (Å²) >= 11 is 0. The van der Waals surface area contributed by atoms with Crippen molar-refractivity contribution in [2.75, 3.05) is 13.2 Å². The molecule has 0 amide bonds. The minimum Gasteiger partial charge on any atom is -0.353 e. The Kier molecular flexibility index (Phi) is 6.92. The van der Waals surface area contributed by atoms with Crippen LogP contribution in [-0.2, 0) is 23.7 Å². The van der Waals surface area contributed by atoms with Gasteiger partial charge >= 0.3 is 0 Å². The fourth-order valence-electron chi connectivity index (χ4n) is 9.26. The first-order valence-electron chi connectivity index (χ1n) is 14.7. The van der Waals surface area contributed by atoms with E-state index >= 15 is 0 Å². The molecule has 10 atom stereocenters. The highest BCUT2D eigenvalue weighted by Gasteiger charge is 2.62. The monoisotopic (exact) mass is 486 g/mol. The van der Waals surface area contributed by atoms with Gasteiger partial charge in [-0.1, -0.05) is 25.5 Å². The predicted octanol–water partition coefficient (Wildman–Crippen LogP) is 6.20. The Morgan fingerprint density at radius 1 is 0.943 bits per heavy atom. The zero-order valence-corrected chi connectivity index (χ0v) is 21.9. The van der Waals surface area contributed by atoms with Crippen LogP contribution in [0.3, 0.4) is 0 Å². The van der Waals surface area contributed by atoms with Gasteiger partial charge < -0.3 is 23.7 Å². The second-order valence-electron chi connectivity index (χ2n) is 13.0. The van der Waals surface area contributed by atoms with Gasteiger partial charge in [0, 0.05) is 19.1 Å². The summed E-state index contributed by atoms with van der Waals surface area (Å²) in [4.78, 5) is 12.4. The molecular formula is C30H46O5. The lowest BCUT2D eigenvalue weighted by atomic mass is 9.47. The van der Waals surface area contributed by atoms with E-state index in [1.165, 1.54) is 38.4 Å². The molecule has 0 aromatic rings. The second-order valence-corrected chi connectivity index (χ2v) is 13.0. The minimum atomic E-state index is -0.0758. The molecule has 6 aliphatic rings. The van der Waals surface area contributed by atoms with Crippen LogP contribution in [0, 0.1) is 34.5 Å². The van der Waals surface area contributed by atoms with E-state index in [-0.39, 0.29) is 35.4 Å². The third-order valence-electron chi connectivity index (χ3n) is 11.1. The van der Waals surface area contributed by atoms with E-state index in [4.69, 9.17) is 18.9 Å². The molecule has 6 rings (SSSR count). The van der Waals surface area contributed by atoms with Crippen LogP contribution in [0.2, 0.25) is 0 Å². The largest absolute Gasteiger partial charge is 0.353 e. The van der Waals surface area contributed by atoms with Gasteiger partial charge in [-0.3, -0.25) is 0 Å². The van der Waals surface area contributed by atoms with Crippen molar-refractivity contribution in [3.63, 3.8) is 0 Å². The smallest absolute Gasteiger partial charge is 0.157 e. The van der Waals surface area contributed by atoms with Crippen molar-refractivity contribution < 1.29 is 23.7 Å². The molecule has 0 bridgehead atoms. The molecule has 5 nitrogen and oxygen atoms in total. The number of carbonyl (C=O) groups excluding carboxylic acids is 1. The van der Waals surface area contributed by atoms with Crippen molar-refractivity contribution in [1.82, 2.24) is 0 Å². The van der Waals surface area contributed by atoms with Crippen LogP contribution in [0.15, 0.2) is 11.6 Å². The van der Waals surface area contributed by atoms with Crippen LogP contribution in [0.1, 0.15) is 97.3 Å². The van der Waals surface area contributed by atoms with Crippen LogP contribution >= 0.6 is 0 Å². The van der Waals surface area contributed by atoms with Crippen LogP contribution in [0.4, 0.5) is 0 Å². The van der Waals surface area contributed by atoms with Crippen LogP contribution in [0.25, 0.3) is 0 Å². The molecule has 196 valence electrons. The van der Waals surface area contributed by atoms with Crippen LogP contribution < -0.4 is 0 Å². The van der Waals surface area contributed by atoms with Gasteiger partial charge in [-0.15, -0.1) is 0 Å². The third-order valence-corrected chi connectivity index (χ3v) is 11.1. The summed E-state index contributed by atoms with van der Waals surface area (Å²) in [5.74, 6) is 1.78. The molecule has 2 saturated heterocycles. The molecule has 5 heteroatoms. The van der Waals surface area contributed by atoms with Gasteiger partial charge in [0.2, 0.25) is 0 Å². The highest BCUT2D eigenvalue weighted by atomic mass is 16.7. The normalized spacial score (nSPS) is 49.9. The Bertz CT molecular complexity index is 799. The summed E-state index contributed by atoms with van der Waals surface area (Å²) in [6.07, 6.45) is 18.7. The van der Waals surface area contributed by atoms with Crippen molar-refractivity contribution in [3.05, 3.63) is 11.6 Å². The number of aldehydes is 1. The number of hydrogen-bond donors (Lipinski definition) is 0. The number of allylic oxidation sites excluding steroid dienone is 1.